The maximum absolute atomic E-state index is 11.8. The summed E-state index contributed by atoms with van der Waals surface area (Å²) in [5, 5.41) is 9.23. The molecule has 0 aliphatic rings. The van der Waals surface area contributed by atoms with Gasteiger partial charge in [0.05, 0.1) is 27.7 Å². The van der Waals surface area contributed by atoms with Crippen LogP contribution in [0.15, 0.2) is 40.1 Å². The summed E-state index contributed by atoms with van der Waals surface area (Å²) in [7, 11) is -13.7. The minimum atomic E-state index is -4.96. The third kappa shape index (κ3) is 4.83. The molecule has 0 spiro atoms. The number of hydrogen-bond donors (Lipinski definition) is 4. The van der Waals surface area contributed by atoms with Crippen LogP contribution in [0.5, 0.6) is 0 Å². The standard InChI is InChI=1S/C15H12N2O10S4/c1-29(20,21)17-9-4-2-7(6-11(9)30(22,23)24)14-16-10-5-3-8(15(18)19)13(12(10)28-14)31(25,26)27/h2-6,17H,1H3,(H,18,19)(H,22,23,24)(H,25,26,27). The lowest BCUT2D eigenvalue weighted by Gasteiger charge is -2.09. The Kier molecular flexibility index (Phi) is 5.58. The number of thiazole rings is 1. The van der Waals surface area contributed by atoms with Gasteiger partial charge in [-0.2, -0.15) is 16.8 Å². The molecule has 0 atom stereocenters. The average Bonchev–Trinajstić information content (AvgIpc) is 3.01. The molecule has 0 bridgehead atoms. The lowest BCUT2D eigenvalue weighted by atomic mass is 10.2. The minimum absolute atomic E-state index is 0.00404. The maximum Gasteiger partial charge on any atom is 0.337 e. The Hall–Kier alpha value is -2.63. The van der Waals surface area contributed by atoms with E-state index < -0.39 is 57.3 Å². The number of hydrogen-bond acceptors (Lipinski definition) is 9. The first-order valence-electron chi connectivity index (χ1n) is 7.82. The summed E-state index contributed by atoms with van der Waals surface area (Å²) in [5.74, 6) is -1.60. The monoisotopic (exact) mass is 508 g/mol. The van der Waals surface area contributed by atoms with Gasteiger partial charge in [0.2, 0.25) is 10.0 Å². The van der Waals surface area contributed by atoms with Gasteiger partial charge < -0.3 is 5.11 Å². The van der Waals surface area contributed by atoms with E-state index in [9.17, 15) is 44.3 Å². The molecule has 0 saturated carbocycles. The molecule has 0 fully saturated rings. The third-order valence-electron chi connectivity index (χ3n) is 3.80. The number of nitrogens with one attached hydrogen (secondary N) is 1. The summed E-state index contributed by atoms with van der Waals surface area (Å²) in [6.45, 7) is 0. The van der Waals surface area contributed by atoms with Crippen LogP contribution in [0.3, 0.4) is 0 Å². The zero-order chi connectivity index (χ0) is 23.4. The number of carbonyl (C=O) groups is 1. The second-order valence-electron chi connectivity index (χ2n) is 6.15. The van der Waals surface area contributed by atoms with Gasteiger partial charge in [-0.05, 0) is 30.3 Å². The largest absolute Gasteiger partial charge is 0.478 e. The summed E-state index contributed by atoms with van der Waals surface area (Å²) in [5.41, 5.74) is -1.06. The van der Waals surface area contributed by atoms with E-state index in [4.69, 9.17) is 0 Å². The quantitative estimate of drug-likeness (QED) is 0.351. The van der Waals surface area contributed by atoms with Crippen LogP contribution >= 0.6 is 11.3 Å². The van der Waals surface area contributed by atoms with Crippen LogP contribution in [0, 0.1) is 0 Å². The van der Waals surface area contributed by atoms with Crippen molar-refractivity contribution in [1.29, 1.82) is 0 Å². The Balaban J connectivity index is 2.29. The van der Waals surface area contributed by atoms with E-state index in [-0.39, 0.29) is 20.8 Å². The van der Waals surface area contributed by atoms with Crippen molar-refractivity contribution in [2.24, 2.45) is 0 Å². The number of sulfonamides is 1. The summed E-state index contributed by atoms with van der Waals surface area (Å²) in [6, 6.07) is 5.37. The smallest absolute Gasteiger partial charge is 0.337 e. The molecular weight excluding hydrogens is 496 g/mol. The molecule has 12 nitrogen and oxygen atoms in total. The van der Waals surface area contributed by atoms with Gasteiger partial charge in [-0.25, -0.2) is 18.2 Å². The molecule has 0 amide bonds. The second-order valence-corrected chi connectivity index (χ2v) is 11.6. The fourth-order valence-corrected chi connectivity index (χ4v) is 6.20. The van der Waals surface area contributed by atoms with Gasteiger partial charge >= 0.3 is 5.97 Å². The predicted octanol–water partition coefficient (Wildman–Crippen LogP) is 1.53. The molecule has 1 heterocycles. The van der Waals surface area contributed by atoms with Crippen molar-refractivity contribution in [3.8, 4) is 10.6 Å². The van der Waals surface area contributed by atoms with E-state index in [0.29, 0.717) is 11.3 Å². The number of nitrogens with zero attached hydrogens (tertiary/aromatic N) is 1. The Morgan fingerprint density at radius 2 is 1.65 bits per heavy atom. The van der Waals surface area contributed by atoms with Gasteiger partial charge in [0.1, 0.15) is 14.8 Å². The van der Waals surface area contributed by atoms with Gasteiger partial charge in [-0.1, -0.05) is 0 Å². The van der Waals surface area contributed by atoms with E-state index in [0.717, 1.165) is 24.5 Å². The number of aromatic carboxylic acids is 1. The van der Waals surface area contributed by atoms with Crippen LogP contribution in [-0.4, -0.2) is 56.7 Å². The first kappa shape index (κ1) is 23.0. The zero-order valence-corrected chi connectivity index (χ0v) is 18.4. The molecule has 3 rings (SSSR count). The fourth-order valence-electron chi connectivity index (χ4n) is 2.67. The molecule has 0 aliphatic carbocycles. The van der Waals surface area contributed by atoms with Crippen LogP contribution in [0.4, 0.5) is 5.69 Å². The van der Waals surface area contributed by atoms with E-state index in [1.807, 2.05) is 4.72 Å². The first-order chi connectivity index (χ1) is 14.1. The fraction of sp³-hybridized carbons (Fsp3) is 0.0667. The number of aromatic nitrogens is 1. The number of carboxylic acids is 1. The van der Waals surface area contributed by atoms with Crippen LogP contribution in [0.2, 0.25) is 0 Å². The van der Waals surface area contributed by atoms with Gasteiger partial charge in [-0.3, -0.25) is 13.8 Å². The van der Waals surface area contributed by atoms with E-state index in [2.05, 4.69) is 4.98 Å². The molecule has 0 unspecified atom stereocenters. The highest BCUT2D eigenvalue weighted by atomic mass is 32.2. The number of anilines is 1. The third-order valence-corrected chi connectivity index (χ3v) is 7.49. The van der Waals surface area contributed by atoms with Gasteiger partial charge in [0.15, 0.2) is 0 Å². The van der Waals surface area contributed by atoms with Gasteiger partial charge in [-0.15, -0.1) is 11.3 Å². The van der Waals surface area contributed by atoms with Crippen molar-refractivity contribution in [1.82, 2.24) is 4.98 Å². The van der Waals surface area contributed by atoms with Crippen molar-refractivity contribution < 1.29 is 44.3 Å². The van der Waals surface area contributed by atoms with Crippen molar-refractivity contribution in [3.05, 3.63) is 35.9 Å². The summed E-state index contributed by atoms with van der Waals surface area (Å²) in [6.07, 6.45) is 0.777. The van der Waals surface area contributed by atoms with E-state index in [1.54, 1.807) is 0 Å². The summed E-state index contributed by atoms with van der Waals surface area (Å²) >= 11 is 0.645. The molecule has 16 heteroatoms. The number of fused-ring (bicyclic) bond motifs is 1. The molecule has 31 heavy (non-hydrogen) atoms. The Morgan fingerprint density at radius 1 is 1.00 bits per heavy atom. The number of carboxylic acid groups (broad SMARTS) is 1. The Labute approximate surface area is 179 Å². The molecular formula is C15H12N2O10S4. The molecule has 0 saturated heterocycles. The highest BCUT2D eigenvalue weighted by molar-refractivity contribution is 7.92. The highest BCUT2D eigenvalue weighted by Crippen LogP contribution is 2.37. The van der Waals surface area contributed by atoms with Crippen molar-refractivity contribution >= 4 is 63.5 Å². The van der Waals surface area contributed by atoms with Gasteiger partial charge in [0, 0.05) is 5.56 Å². The number of benzene rings is 2. The molecule has 2 aromatic carbocycles. The van der Waals surface area contributed by atoms with E-state index >= 15 is 0 Å². The Bertz CT molecular complexity index is 1550. The van der Waals surface area contributed by atoms with Crippen molar-refractivity contribution in [2.45, 2.75) is 9.79 Å². The second kappa shape index (κ2) is 7.50. The van der Waals surface area contributed by atoms with E-state index in [1.165, 1.54) is 12.1 Å². The maximum atomic E-state index is 11.8. The lowest BCUT2D eigenvalue weighted by Crippen LogP contribution is -2.13. The normalized spacial score (nSPS) is 12.7. The molecule has 0 radical (unpaired) electrons. The lowest BCUT2D eigenvalue weighted by molar-refractivity contribution is 0.0692. The minimum Gasteiger partial charge on any atom is -0.478 e. The van der Waals surface area contributed by atoms with Crippen LogP contribution in [0.1, 0.15) is 10.4 Å². The summed E-state index contributed by atoms with van der Waals surface area (Å²) in [4.78, 5) is 13.8. The molecule has 1 aromatic heterocycles. The topological polar surface area (TPSA) is 205 Å². The van der Waals surface area contributed by atoms with Crippen LogP contribution in [-0.2, 0) is 30.3 Å². The van der Waals surface area contributed by atoms with Crippen LogP contribution < -0.4 is 4.72 Å². The van der Waals surface area contributed by atoms with Crippen LogP contribution in [0.25, 0.3) is 20.8 Å². The van der Waals surface area contributed by atoms with Crippen molar-refractivity contribution in [3.63, 3.8) is 0 Å². The van der Waals surface area contributed by atoms with Gasteiger partial charge in [0.25, 0.3) is 20.2 Å². The first-order valence-corrected chi connectivity index (χ1v) is 13.4. The predicted molar refractivity (Wildman–Crippen MR) is 110 cm³/mol. The molecule has 3 aromatic rings. The number of rotatable bonds is 6. The zero-order valence-electron chi connectivity index (χ0n) is 15.2. The summed E-state index contributed by atoms with van der Waals surface area (Å²) < 4.78 is 90.6. The molecule has 166 valence electrons. The van der Waals surface area contributed by atoms with Crippen molar-refractivity contribution in [2.75, 3.05) is 11.0 Å². The molecule has 0 aliphatic heterocycles. The SMILES string of the molecule is CS(=O)(=O)Nc1ccc(-c2nc3ccc(C(=O)O)c(S(=O)(=O)O)c3s2)cc1S(=O)(=O)O. The average molecular weight is 509 g/mol. The molecule has 4 N–H and O–H groups in total. The Morgan fingerprint density at radius 3 is 2.16 bits per heavy atom. The highest BCUT2D eigenvalue weighted by Gasteiger charge is 2.26.